The molecule has 0 rings (SSSR count). The molecule has 0 fully saturated rings. The summed E-state index contributed by atoms with van der Waals surface area (Å²) in [5.41, 5.74) is 2.63. The van der Waals surface area contributed by atoms with Gasteiger partial charge in [-0.2, -0.15) is 10.2 Å². The summed E-state index contributed by atoms with van der Waals surface area (Å²) in [6, 6.07) is 0. The maximum absolute atomic E-state index is 3.93. The van der Waals surface area contributed by atoms with Crippen molar-refractivity contribution >= 4 is 0 Å². The summed E-state index contributed by atoms with van der Waals surface area (Å²) in [6.45, 7) is 11.5. The molecule has 0 saturated heterocycles. The Balaban J connectivity index is 4.50. The van der Waals surface area contributed by atoms with Gasteiger partial charge in [-0.1, -0.05) is 37.0 Å². The van der Waals surface area contributed by atoms with E-state index in [-0.39, 0.29) is 0 Å². The summed E-state index contributed by atoms with van der Waals surface area (Å²) in [6.07, 6.45) is 5.65. The van der Waals surface area contributed by atoms with Crippen molar-refractivity contribution in [2.24, 2.45) is 10.2 Å². The van der Waals surface area contributed by atoms with Crippen LogP contribution in [0.15, 0.2) is 58.5 Å². The lowest BCUT2D eigenvalue weighted by Gasteiger charge is -1.97. The number of allylic oxidation sites excluding steroid dienone is 4. The van der Waals surface area contributed by atoms with Gasteiger partial charge in [-0.25, -0.2) is 0 Å². The maximum atomic E-state index is 3.93. The van der Waals surface area contributed by atoms with Crippen molar-refractivity contribution in [1.82, 2.24) is 0 Å². The van der Waals surface area contributed by atoms with Crippen LogP contribution in [-0.4, -0.2) is 7.05 Å². The molecule has 0 aliphatic rings. The lowest BCUT2D eigenvalue weighted by Crippen LogP contribution is -1.79. The van der Waals surface area contributed by atoms with Crippen molar-refractivity contribution in [3.8, 4) is 0 Å². The highest BCUT2D eigenvalue weighted by Gasteiger charge is 1.94. The third-order valence-corrected chi connectivity index (χ3v) is 1.38. The first-order chi connectivity index (χ1) is 6.11. The molecule has 0 N–H and O–H groups in total. The lowest BCUT2D eigenvalue weighted by atomic mass is 10.2. The Kier molecular flexibility index (Phi) is 5.44. The Morgan fingerprint density at radius 3 is 2.23 bits per heavy atom. The summed E-state index contributed by atoms with van der Waals surface area (Å²) in [5.74, 6) is 0. The van der Waals surface area contributed by atoms with Crippen LogP contribution < -0.4 is 0 Å². The number of azo groups is 1. The molecule has 0 radical (unpaired) electrons. The first-order valence-electron chi connectivity index (χ1n) is 4.10. The molecule has 0 atom stereocenters. The van der Waals surface area contributed by atoms with E-state index in [4.69, 9.17) is 0 Å². The van der Waals surface area contributed by atoms with Crippen LogP contribution >= 0.6 is 0 Å². The molecule has 2 heteroatoms. The van der Waals surface area contributed by atoms with E-state index in [1.165, 1.54) is 0 Å². The summed E-state index contributed by atoms with van der Waals surface area (Å²) in [5, 5.41) is 7.62. The number of hydrogen-bond acceptors (Lipinski definition) is 2. The molecule has 0 aliphatic carbocycles. The van der Waals surface area contributed by atoms with Crippen LogP contribution in [0.1, 0.15) is 13.8 Å². The van der Waals surface area contributed by atoms with Gasteiger partial charge in [0.05, 0.1) is 5.70 Å². The van der Waals surface area contributed by atoms with Gasteiger partial charge in [0, 0.05) is 7.05 Å². The van der Waals surface area contributed by atoms with Crippen LogP contribution in [0.3, 0.4) is 0 Å². The monoisotopic (exact) mass is 176 g/mol. The van der Waals surface area contributed by atoms with E-state index in [0.717, 1.165) is 16.8 Å². The molecule has 0 saturated carbocycles. The fourth-order valence-corrected chi connectivity index (χ4v) is 0.743. The molecule has 0 heterocycles. The van der Waals surface area contributed by atoms with E-state index < -0.39 is 0 Å². The molecule has 0 aromatic heterocycles. The topological polar surface area (TPSA) is 24.7 Å². The van der Waals surface area contributed by atoms with E-state index in [0.29, 0.717) is 0 Å². The number of nitrogens with zero attached hydrogens (tertiary/aromatic N) is 2. The van der Waals surface area contributed by atoms with Crippen molar-refractivity contribution in [2.75, 3.05) is 7.05 Å². The highest BCUT2D eigenvalue weighted by atomic mass is 15.1. The first kappa shape index (κ1) is 11.6. The van der Waals surface area contributed by atoms with Gasteiger partial charge in [-0.05, 0) is 19.4 Å². The van der Waals surface area contributed by atoms with Gasteiger partial charge >= 0.3 is 0 Å². The molecule has 0 bridgehead atoms. The van der Waals surface area contributed by atoms with E-state index in [1.807, 2.05) is 32.1 Å². The van der Waals surface area contributed by atoms with Gasteiger partial charge in [-0.15, -0.1) is 0 Å². The Bertz CT molecular complexity index is 280. The quantitative estimate of drug-likeness (QED) is 0.461. The molecule has 0 unspecified atom stereocenters. The molecular weight excluding hydrogens is 160 g/mol. The molecule has 70 valence electrons. The van der Waals surface area contributed by atoms with Crippen molar-refractivity contribution in [3.63, 3.8) is 0 Å². The van der Waals surface area contributed by atoms with Crippen molar-refractivity contribution in [3.05, 3.63) is 48.2 Å². The maximum Gasteiger partial charge on any atom is 0.0876 e. The zero-order valence-corrected chi connectivity index (χ0v) is 8.54. The molecule has 0 spiro atoms. The van der Waals surface area contributed by atoms with Gasteiger partial charge in [-0.3, -0.25) is 0 Å². The van der Waals surface area contributed by atoms with E-state index in [9.17, 15) is 0 Å². The molecule has 13 heavy (non-hydrogen) atoms. The predicted molar refractivity (Wildman–Crippen MR) is 57.6 cm³/mol. The fraction of sp³-hybridized carbons (Fsp3) is 0.273. The number of rotatable bonds is 4. The van der Waals surface area contributed by atoms with Crippen molar-refractivity contribution in [2.45, 2.75) is 13.8 Å². The van der Waals surface area contributed by atoms with Gasteiger partial charge < -0.3 is 0 Å². The number of hydrogen-bond donors (Lipinski definition) is 0. The van der Waals surface area contributed by atoms with Gasteiger partial charge in [0.1, 0.15) is 0 Å². The zero-order chi connectivity index (χ0) is 10.3. The fourth-order valence-electron chi connectivity index (χ4n) is 0.743. The Hall–Kier alpha value is -1.44. The van der Waals surface area contributed by atoms with Crippen LogP contribution in [0.5, 0.6) is 0 Å². The summed E-state index contributed by atoms with van der Waals surface area (Å²) in [7, 11) is 1.64. The highest BCUT2D eigenvalue weighted by Crippen LogP contribution is 2.11. The van der Waals surface area contributed by atoms with Crippen LogP contribution in [0.4, 0.5) is 0 Å². The minimum atomic E-state index is 0.792. The minimum Gasteiger partial charge on any atom is -0.192 e. The Labute approximate surface area is 80.1 Å². The van der Waals surface area contributed by atoms with E-state index in [2.05, 4.69) is 23.4 Å². The van der Waals surface area contributed by atoms with Gasteiger partial charge in [0.2, 0.25) is 0 Å². The van der Waals surface area contributed by atoms with Gasteiger partial charge in [0.15, 0.2) is 0 Å². The third kappa shape index (κ3) is 4.90. The standard InChI is InChI=1S/C11H16N2/c1-6-11(13-12-5)10(4)8-7-9(2)3/h6-8H,2,4H2,1,3,5H3/b8-7-,11-6-,13-12?. The average Bonchev–Trinajstić information content (AvgIpc) is 2.10. The second-order valence-electron chi connectivity index (χ2n) is 2.68. The van der Waals surface area contributed by atoms with Crippen molar-refractivity contribution in [1.29, 1.82) is 0 Å². The third-order valence-electron chi connectivity index (χ3n) is 1.38. The molecule has 0 amide bonds. The predicted octanol–water partition coefficient (Wildman–Crippen LogP) is 3.66. The molecular formula is C11H16N2. The van der Waals surface area contributed by atoms with Crippen LogP contribution in [0, 0.1) is 0 Å². The van der Waals surface area contributed by atoms with Crippen LogP contribution in [0.2, 0.25) is 0 Å². The largest absolute Gasteiger partial charge is 0.192 e. The van der Waals surface area contributed by atoms with Crippen LogP contribution in [-0.2, 0) is 0 Å². The summed E-state index contributed by atoms with van der Waals surface area (Å²) in [4.78, 5) is 0. The highest BCUT2D eigenvalue weighted by molar-refractivity contribution is 5.37. The van der Waals surface area contributed by atoms with Crippen molar-refractivity contribution < 1.29 is 0 Å². The van der Waals surface area contributed by atoms with E-state index >= 15 is 0 Å². The average molecular weight is 176 g/mol. The van der Waals surface area contributed by atoms with Gasteiger partial charge in [0.25, 0.3) is 0 Å². The zero-order valence-electron chi connectivity index (χ0n) is 8.54. The molecule has 0 aromatic rings. The Morgan fingerprint density at radius 1 is 1.23 bits per heavy atom. The summed E-state index contributed by atoms with van der Waals surface area (Å²) >= 11 is 0. The molecule has 2 nitrogen and oxygen atoms in total. The molecule has 0 aromatic carbocycles. The smallest absolute Gasteiger partial charge is 0.0876 e. The second kappa shape index (κ2) is 6.12. The second-order valence-corrected chi connectivity index (χ2v) is 2.68. The van der Waals surface area contributed by atoms with E-state index in [1.54, 1.807) is 7.05 Å². The SMILES string of the molecule is C=C(C)/C=C\C(=C)/C(=C/C)N=NC. The van der Waals surface area contributed by atoms with Crippen LogP contribution in [0.25, 0.3) is 0 Å². The summed E-state index contributed by atoms with van der Waals surface area (Å²) < 4.78 is 0. The molecule has 0 aliphatic heterocycles. The lowest BCUT2D eigenvalue weighted by molar-refractivity contribution is 1.10. The first-order valence-corrected chi connectivity index (χ1v) is 4.10. The Morgan fingerprint density at radius 2 is 1.85 bits per heavy atom. The minimum absolute atomic E-state index is 0.792. The normalized spacial score (nSPS) is 12.7.